The minimum Gasteiger partial charge on any atom is -0.207 e. The Morgan fingerprint density at radius 1 is 0.850 bits per heavy atom. The number of halogens is 2. The lowest BCUT2D eigenvalue weighted by molar-refractivity contribution is 0.555. The molecule has 0 spiro atoms. The van der Waals surface area contributed by atoms with E-state index in [1.54, 1.807) is 12.1 Å². The van der Waals surface area contributed by atoms with Crippen LogP contribution in [0.4, 0.5) is 4.39 Å². The summed E-state index contributed by atoms with van der Waals surface area (Å²) >= 11 is 3.70. The molecule has 0 aliphatic rings. The number of hydrogen-bond donors (Lipinski definition) is 0. The normalized spacial score (nSPS) is 12.6. The van der Waals surface area contributed by atoms with Crippen LogP contribution in [-0.4, -0.2) is 0 Å². The average Bonchev–Trinajstić information content (AvgIpc) is 2.46. The summed E-state index contributed by atoms with van der Waals surface area (Å²) in [5.41, 5.74) is 1.19. The topological polar surface area (TPSA) is 0 Å². The largest absolute Gasteiger partial charge is 0.207 e. The fourth-order valence-corrected chi connectivity index (χ4v) is 3.10. The Hall–Kier alpha value is -0.370. The van der Waals surface area contributed by atoms with E-state index in [9.17, 15) is 4.39 Å². The van der Waals surface area contributed by atoms with Crippen molar-refractivity contribution in [2.24, 2.45) is 0 Å². The van der Waals surface area contributed by atoms with E-state index in [0.717, 1.165) is 6.42 Å². The predicted molar refractivity (Wildman–Crippen MR) is 89.9 cm³/mol. The summed E-state index contributed by atoms with van der Waals surface area (Å²) in [5, 5.41) is 0. The van der Waals surface area contributed by atoms with Gasteiger partial charge in [-0.3, -0.25) is 0 Å². The number of hydrogen-bond acceptors (Lipinski definition) is 0. The first-order valence-electron chi connectivity index (χ1n) is 8.13. The van der Waals surface area contributed by atoms with Gasteiger partial charge >= 0.3 is 0 Å². The van der Waals surface area contributed by atoms with Gasteiger partial charge in [0.25, 0.3) is 0 Å². The van der Waals surface area contributed by atoms with E-state index in [1.165, 1.54) is 63.4 Å². The van der Waals surface area contributed by atoms with E-state index in [2.05, 4.69) is 22.9 Å². The van der Waals surface area contributed by atoms with Gasteiger partial charge in [-0.1, -0.05) is 92.8 Å². The lowest BCUT2D eigenvalue weighted by atomic mass is 10.0. The van der Waals surface area contributed by atoms with Crippen molar-refractivity contribution in [1.82, 2.24) is 0 Å². The standard InChI is InChI=1S/C18H28BrF/c1-2-3-4-5-6-7-8-9-10-11-18(19)16-12-14-17(20)15-13-16/h12-15,18H,2-11H2,1H3. The lowest BCUT2D eigenvalue weighted by Gasteiger charge is -2.10. The molecular weight excluding hydrogens is 315 g/mol. The zero-order valence-corrected chi connectivity index (χ0v) is 14.3. The van der Waals surface area contributed by atoms with Gasteiger partial charge in [0.05, 0.1) is 0 Å². The Morgan fingerprint density at radius 2 is 1.35 bits per heavy atom. The molecule has 0 radical (unpaired) electrons. The van der Waals surface area contributed by atoms with E-state index in [-0.39, 0.29) is 5.82 Å². The molecule has 1 aromatic carbocycles. The summed E-state index contributed by atoms with van der Waals surface area (Å²) in [5.74, 6) is -0.156. The summed E-state index contributed by atoms with van der Waals surface area (Å²) in [6.45, 7) is 2.26. The Labute approximate surface area is 132 Å². The first-order valence-corrected chi connectivity index (χ1v) is 9.05. The molecule has 0 fully saturated rings. The van der Waals surface area contributed by atoms with Gasteiger partial charge in [0.1, 0.15) is 5.82 Å². The number of alkyl halides is 1. The van der Waals surface area contributed by atoms with Crippen molar-refractivity contribution in [3.8, 4) is 0 Å². The number of benzene rings is 1. The highest BCUT2D eigenvalue weighted by Crippen LogP contribution is 2.28. The van der Waals surface area contributed by atoms with Gasteiger partial charge in [-0.25, -0.2) is 4.39 Å². The first kappa shape index (κ1) is 17.7. The van der Waals surface area contributed by atoms with Gasteiger partial charge in [0.2, 0.25) is 0 Å². The molecule has 0 aromatic heterocycles. The second-order valence-electron chi connectivity index (χ2n) is 5.64. The third-order valence-electron chi connectivity index (χ3n) is 3.79. The zero-order chi connectivity index (χ0) is 14.6. The third kappa shape index (κ3) is 8.04. The van der Waals surface area contributed by atoms with E-state index in [4.69, 9.17) is 0 Å². The molecule has 1 unspecified atom stereocenters. The van der Waals surface area contributed by atoms with Crippen molar-refractivity contribution >= 4 is 15.9 Å². The molecule has 0 saturated heterocycles. The van der Waals surface area contributed by atoms with Crippen molar-refractivity contribution in [1.29, 1.82) is 0 Å². The van der Waals surface area contributed by atoms with Crippen LogP contribution in [0.1, 0.15) is 81.5 Å². The van der Waals surface area contributed by atoms with Crippen LogP contribution in [-0.2, 0) is 0 Å². The van der Waals surface area contributed by atoms with E-state index < -0.39 is 0 Å². The second-order valence-corrected chi connectivity index (χ2v) is 6.74. The second kappa shape index (κ2) is 11.3. The highest BCUT2D eigenvalue weighted by Gasteiger charge is 2.06. The maximum absolute atomic E-state index is 12.8. The SMILES string of the molecule is CCCCCCCCCCCC(Br)c1ccc(F)cc1. The minimum atomic E-state index is -0.156. The molecule has 1 rings (SSSR count). The van der Waals surface area contributed by atoms with Crippen LogP contribution in [0.15, 0.2) is 24.3 Å². The monoisotopic (exact) mass is 342 g/mol. The maximum Gasteiger partial charge on any atom is 0.123 e. The molecule has 0 aliphatic heterocycles. The lowest BCUT2D eigenvalue weighted by Crippen LogP contribution is -1.91. The highest BCUT2D eigenvalue weighted by molar-refractivity contribution is 9.09. The first-order chi connectivity index (χ1) is 9.74. The van der Waals surface area contributed by atoms with Crippen molar-refractivity contribution in [3.63, 3.8) is 0 Å². The van der Waals surface area contributed by atoms with Crippen LogP contribution in [0.5, 0.6) is 0 Å². The third-order valence-corrected chi connectivity index (χ3v) is 4.78. The van der Waals surface area contributed by atoms with Gasteiger partial charge in [0, 0.05) is 4.83 Å². The molecule has 0 heterocycles. The molecule has 0 amide bonds. The summed E-state index contributed by atoms with van der Waals surface area (Å²) in [6.07, 6.45) is 13.4. The fraction of sp³-hybridized carbons (Fsp3) is 0.667. The molecule has 0 aliphatic carbocycles. The predicted octanol–water partition coefficient (Wildman–Crippen LogP) is 7.18. The van der Waals surface area contributed by atoms with Gasteiger partial charge in [-0.05, 0) is 24.1 Å². The van der Waals surface area contributed by atoms with Crippen molar-refractivity contribution in [2.45, 2.75) is 76.0 Å². The molecule has 2 heteroatoms. The number of unbranched alkanes of at least 4 members (excludes halogenated alkanes) is 8. The van der Waals surface area contributed by atoms with Gasteiger partial charge in [-0.2, -0.15) is 0 Å². The van der Waals surface area contributed by atoms with Crippen LogP contribution in [0, 0.1) is 5.82 Å². The molecule has 0 bridgehead atoms. The summed E-state index contributed by atoms with van der Waals surface area (Å²) in [7, 11) is 0. The van der Waals surface area contributed by atoms with Crippen molar-refractivity contribution in [3.05, 3.63) is 35.6 Å². The van der Waals surface area contributed by atoms with E-state index in [0.29, 0.717) is 4.83 Å². The van der Waals surface area contributed by atoms with Crippen LogP contribution in [0.25, 0.3) is 0 Å². The summed E-state index contributed by atoms with van der Waals surface area (Å²) in [4.78, 5) is 0.368. The summed E-state index contributed by atoms with van der Waals surface area (Å²) in [6, 6.07) is 6.84. The molecular formula is C18H28BrF. The van der Waals surface area contributed by atoms with Crippen LogP contribution in [0.2, 0.25) is 0 Å². The van der Waals surface area contributed by atoms with Crippen molar-refractivity contribution < 1.29 is 4.39 Å². The average molecular weight is 343 g/mol. The Bertz CT molecular complexity index is 334. The molecule has 0 nitrogen and oxygen atoms in total. The van der Waals surface area contributed by atoms with E-state index >= 15 is 0 Å². The van der Waals surface area contributed by atoms with Crippen LogP contribution in [0.3, 0.4) is 0 Å². The summed E-state index contributed by atoms with van der Waals surface area (Å²) < 4.78 is 12.8. The quantitative estimate of drug-likeness (QED) is 0.295. The molecule has 1 aromatic rings. The Kier molecular flexibility index (Phi) is 10.00. The highest BCUT2D eigenvalue weighted by atomic mass is 79.9. The fourth-order valence-electron chi connectivity index (χ4n) is 2.47. The molecule has 20 heavy (non-hydrogen) atoms. The van der Waals surface area contributed by atoms with Crippen LogP contribution >= 0.6 is 15.9 Å². The van der Waals surface area contributed by atoms with Gasteiger partial charge in [-0.15, -0.1) is 0 Å². The molecule has 0 N–H and O–H groups in total. The molecule has 114 valence electrons. The Morgan fingerprint density at radius 3 is 1.90 bits per heavy atom. The maximum atomic E-state index is 12.8. The Balaban J connectivity index is 1.99. The van der Waals surface area contributed by atoms with E-state index in [1.807, 2.05) is 12.1 Å². The molecule has 1 atom stereocenters. The van der Waals surface area contributed by atoms with Gasteiger partial charge < -0.3 is 0 Å². The minimum absolute atomic E-state index is 0.156. The van der Waals surface area contributed by atoms with Crippen molar-refractivity contribution in [2.75, 3.05) is 0 Å². The zero-order valence-electron chi connectivity index (χ0n) is 12.7. The molecule has 0 saturated carbocycles. The number of rotatable bonds is 11. The van der Waals surface area contributed by atoms with Gasteiger partial charge in [0.15, 0.2) is 0 Å². The van der Waals surface area contributed by atoms with Crippen LogP contribution < -0.4 is 0 Å². The smallest absolute Gasteiger partial charge is 0.123 e.